The molecule has 0 saturated carbocycles. The molecule has 2 fully saturated rings. The first kappa shape index (κ1) is 63.3. The zero-order chi connectivity index (χ0) is 62.7. The van der Waals surface area contributed by atoms with Crippen LogP contribution in [0.15, 0.2) is 145 Å². The number of carboxylic acid groups (broad SMARTS) is 1. The molecule has 460 valence electrons. The molecule has 2 atom stereocenters. The van der Waals surface area contributed by atoms with E-state index in [4.69, 9.17) is 0 Å². The first-order valence-electron chi connectivity index (χ1n) is 33.1. The van der Waals surface area contributed by atoms with Gasteiger partial charge in [0.1, 0.15) is 0 Å². The molecule has 3 aliphatic rings. The second-order valence-corrected chi connectivity index (χ2v) is 29.6. The lowest BCUT2D eigenvalue weighted by molar-refractivity contribution is 0.0696. The van der Waals surface area contributed by atoms with E-state index in [-0.39, 0.29) is 39.3 Å². The number of anilines is 2. The number of benzene rings is 5. The average molecular weight is 1170 g/mol. The van der Waals surface area contributed by atoms with Crippen LogP contribution in [0.1, 0.15) is 246 Å². The molecule has 2 saturated heterocycles. The van der Waals surface area contributed by atoms with E-state index in [0.29, 0.717) is 0 Å². The van der Waals surface area contributed by atoms with E-state index in [9.17, 15) is 9.90 Å². The summed E-state index contributed by atoms with van der Waals surface area (Å²) in [5.74, 6) is 6.23. The van der Waals surface area contributed by atoms with Crippen molar-refractivity contribution >= 4 is 39.8 Å². The molecule has 0 aliphatic carbocycles. The maximum Gasteiger partial charge on any atom is 0.335 e. The topological polar surface area (TPSA) is 96.2 Å². The van der Waals surface area contributed by atoms with E-state index >= 15 is 0 Å². The van der Waals surface area contributed by atoms with E-state index in [1.807, 2.05) is 12.1 Å². The molecule has 2 unspecified atom stereocenters. The summed E-state index contributed by atoms with van der Waals surface area (Å²) < 4.78 is 0. The average Bonchev–Trinajstić information content (AvgIpc) is 1.68. The largest absolute Gasteiger partial charge is 0.478 e. The molecule has 0 amide bonds. The third-order valence-corrected chi connectivity index (χ3v) is 18.5. The minimum atomic E-state index is -0.954. The maximum absolute atomic E-state index is 12.0. The molecule has 3 aliphatic heterocycles. The number of carbonyl (C=O) groups is 1. The Balaban J connectivity index is 1.29. The van der Waals surface area contributed by atoms with Crippen molar-refractivity contribution in [3.8, 4) is 11.8 Å². The minimum Gasteiger partial charge on any atom is -0.478 e. The van der Waals surface area contributed by atoms with Crippen LogP contribution >= 0.6 is 0 Å². The molecule has 5 heterocycles. The number of nitrogens with one attached hydrogen (secondary N) is 4. The third kappa shape index (κ3) is 14.6. The summed E-state index contributed by atoms with van der Waals surface area (Å²) in [5, 5.41) is 20.5. The highest BCUT2D eigenvalue weighted by Crippen LogP contribution is 2.42. The van der Waals surface area contributed by atoms with Crippen molar-refractivity contribution in [2.45, 2.75) is 221 Å². The summed E-state index contributed by atoms with van der Waals surface area (Å²) >= 11 is 0. The normalized spacial score (nSPS) is 16.4. The van der Waals surface area contributed by atoms with Crippen molar-refractivity contribution in [1.29, 1.82) is 0 Å². The number of aryl methyl sites for hydroxylation is 2. The molecule has 5 aromatic carbocycles. The van der Waals surface area contributed by atoms with E-state index < -0.39 is 5.97 Å². The molecule has 7 aromatic rings. The Hall–Kier alpha value is -7.69. The fraction of sp³-hybridized carbons (Fsp3) is 0.420. The number of allylic oxidation sites excluding steroid dienone is 3. The SMILES string of the molecule is CCCCCCc1ccc(N(C2=c3ccc([nH]3)=C(c3cc(C(C)(C)C)cc(C(C)(C)C)c3)C3CCC(=C(C#Cc4ccc(C(=O)O)cc4)c4ccc([nH]4)C(c4cc(C(C)(C)C)cc(C(C)(C)C)c4)=C4CCC2N4)N3)c2ccc(CCCCCC)cc2)cc1. The van der Waals surface area contributed by atoms with Crippen molar-refractivity contribution in [1.82, 2.24) is 20.6 Å². The van der Waals surface area contributed by atoms with Crippen LogP contribution in [0.25, 0.3) is 22.4 Å². The van der Waals surface area contributed by atoms with Gasteiger partial charge < -0.3 is 30.6 Å². The van der Waals surface area contributed by atoms with Crippen LogP contribution in [0, 0.1) is 11.8 Å². The third-order valence-electron chi connectivity index (χ3n) is 18.5. The summed E-state index contributed by atoms with van der Waals surface area (Å²) in [6.07, 6.45) is 15.4. The van der Waals surface area contributed by atoms with Gasteiger partial charge in [0.25, 0.3) is 0 Å². The van der Waals surface area contributed by atoms with E-state index in [1.54, 1.807) is 12.1 Å². The van der Waals surface area contributed by atoms with E-state index in [1.165, 1.54) is 113 Å². The zero-order valence-electron chi connectivity index (χ0n) is 55.6. The lowest BCUT2D eigenvalue weighted by atomic mass is 9.78. The highest BCUT2D eigenvalue weighted by Gasteiger charge is 2.35. The van der Waals surface area contributed by atoms with Gasteiger partial charge in [-0.1, -0.05) is 208 Å². The lowest BCUT2D eigenvalue weighted by Crippen LogP contribution is -2.37. The summed E-state index contributed by atoms with van der Waals surface area (Å²) in [5.41, 5.74) is 22.0. The second-order valence-electron chi connectivity index (χ2n) is 29.6. The fourth-order valence-corrected chi connectivity index (χ4v) is 13.0. The van der Waals surface area contributed by atoms with Gasteiger partial charge in [-0.25, -0.2) is 4.79 Å². The number of hydrogen-bond donors (Lipinski definition) is 5. The number of aromatic amines is 2. The molecule has 2 aromatic heterocycles. The van der Waals surface area contributed by atoms with Crippen molar-refractivity contribution in [3.05, 3.63) is 223 Å². The number of carboxylic acids is 1. The molecule has 0 spiro atoms. The molecule has 10 rings (SSSR count). The van der Waals surface area contributed by atoms with Crippen LogP contribution in [0.4, 0.5) is 11.4 Å². The van der Waals surface area contributed by atoms with Crippen LogP contribution in [0.2, 0.25) is 0 Å². The number of fused-ring (bicyclic) bond motifs is 8. The van der Waals surface area contributed by atoms with Gasteiger partial charge in [0.2, 0.25) is 0 Å². The molecular weight excluding hydrogens is 1070 g/mol. The van der Waals surface area contributed by atoms with Crippen LogP contribution in [-0.4, -0.2) is 33.1 Å². The van der Waals surface area contributed by atoms with Gasteiger partial charge in [-0.3, -0.25) is 0 Å². The second kappa shape index (κ2) is 26.2. The summed E-state index contributed by atoms with van der Waals surface area (Å²) in [6.45, 7) is 32.5. The van der Waals surface area contributed by atoms with Crippen LogP contribution in [0.3, 0.4) is 0 Å². The highest BCUT2D eigenvalue weighted by molar-refractivity contribution is 5.89. The molecule has 7 nitrogen and oxygen atoms in total. The molecule has 88 heavy (non-hydrogen) atoms. The number of H-pyrrole nitrogens is 2. The predicted octanol–water partition coefficient (Wildman–Crippen LogP) is 18.4. The molecule has 7 heteroatoms. The summed E-state index contributed by atoms with van der Waals surface area (Å²) in [4.78, 5) is 22.8. The summed E-state index contributed by atoms with van der Waals surface area (Å²) in [6, 6.07) is 49.6. The quantitative estimate of drug-likeness (QED) is 0.0491. The van der Waals surface area contributed by atoms with Crippen molar-refractivity contribution in [3.63, 3.8) is 0 Å². The highest BCUT2D eigenvalue weighted by atomic mass is 16.4. The van der Waals surface area contributed by atoms with Gasteiger partial charge in [0.05, 0.1) is 40.0 Å². The van der Waals surface area contributed by atoms with E-state index in [0.717, 1.165) is 94.4 Å². The molecular formula is C81H99N5O2. The number of unbranched alkanes of at least 4 members (excludes halogenated alkanes) is 6. The monoisotopic (exact) mass is 1170 g/mol. The lowest BCUT2D eigenvalue weighted by Gasteiger charge is -2.32. The molecule has 0 radical (unpaired) electrons. The van der Waals surface area contributed by atoms with Crippen LogP contribution < -0.4 is 26.2 Å². The van der Waals surface area contributed by atoms with E-state index in [2.05, 4.69) is 243 Å². The first-order valence-corrected chi connectivity index (χ1v) is 33.1. The Kier molecular flexibility index (Phi) is 18.8. The molecule has 5 N–H and O–H groups in total. The Morgan fingerprint density at radius 1 is 0.500 bits per heavy atom. The Bertz CT molecular complexity index is 3780. The van der Waals surface area contributed by atoms with Crippen LogP contribution in [0.5, 0.6) is 0 Å². The maximum atomic E-state index is 12.0. The van der Waals surface area contributed by atoms with Gasteiger partial charge in [0, 0.05) is 50.5 Å². The summed E-state index contributed by atoms with van der Waals surface area (Å²) in [7, 11) is 0. The first-order chi connectivity index (χ1) is 41.9. The van der Waals surface area contributed by atoms with Crippen molar-refractivity contribution < 1.29 is 9.90 Å². The standard InChI is InChI=1S/C81H99N5O2/c1-15-17-19-21-23-53-27-34-63(35-28-53)86(64-36-29-54(30-37-64)24-22-20-18-16-2)76-72-45-43-70(84-72)74(57-47-59(78(3,4)5)51-60(48-57)79(6,7)8)68-41-39-66(82-68)65(38-31-55-25-32-56(33-26-55)77(87)88)67-40-42-69(83-67)75(71-44-46-73(76)85-71)58-49-61(80(9,10)11)52-62(50-58)81(12,13)14/h25-30,32-37,39,41,44,46-52,69,72,82-85H,15-24,40,42-43,45H2,1-14H3,(H,87,88). The number of hydrogen-bond acceptors (Lipinski definition) is 4. The number of nitrogens with zero attached hydrogens (tertiary/aromatic N) is 1. The Morgan fingerprint density at radius 3 is 1.49 bits per heavy atom. The van der Waals surface area contributed by atoms with Crippen molar-refractivity contribution in [2.24, 2.45) is 0 Å². The van der Waals surface area contributed by atoms with Gasteiger partial charge in [-0.15, -0.1) is 0 Å². The number of aromatic nitrogens is 2. The zero-order valence-corrected chi connectivity index (χ0v) is 55.6. The smallest absolute Gasteiger partial charge is 0.335 e. The van der Waals surface area contributed by atoms with Crippen LogP contribution in [-0.2, 0) is 34.5 Å². The Morgan fingerprint density at radius 2 is 0.977 bits per heavy atom. The van der Waals surface area contributed by atoms with Gasteiger partial charge in [0.15, 0.2) is 0 Å². The number of aromatic carboxylic acids is 1. The van der Waals surface area contributed by atoms with Gasteiger partial charge in [-0.2, -0.15) is 0 Å². The Labute approximate surface area is 527 Å². The fourth-order valence-electron chi connectivity index (χ4n) is 13.0. The minimum absolute atomic E-state index is 0.0737. The van der Waals surface area contributed by atoms with Crippen molar-refractivity contribution in [2.75, 3.05) is 4.90 Å². The predicted molar refractivity (Wildman–Crippen MR) is 371 cm³/mol. The molecule has 8 bridgehead atoms. The number of rotatable bonds is 16. The van der Waals surface area contributed by atoms with Gasteiger partial charge >= 0.3 is 5.97 Å². The van der Waals surface area contributed by atoms with Gasteiger partial charge in [-0.05, 0) is 190 Å².